The average Bonchev–Trinajstić information content (AvgIpc) is 2.08. The van der Waals surface area contributed by atoms with E-state index in [4.69, 9.17) is 5.11 Å². The molecular formula is C9H8BrFO3. The molecule has 0 amide bonds. The zero-order valence-corrected chi connectivity index (χ0v) is 8.66. The van der Waals surface area contributed by atoms with Gasteiger partial charge in [0.15, 0.2) is 0 Å². The van der Waals surface area contributed by atoms with Gasteiger partial charge in [0.05, 0.1) is 12.5 Å². The third-order valence-corrected chi connectivity index (χ3v) is 2.41. The van der Waals surface area contributed by atoms with E-state index in [-0.39, 0.29) is 5.56 Å². The van der Waals surface area contributed by atoms with E-state index in [9.17, 15) is 14.3 Å². The molecule has 0 unspecified atom stereocenters. The Morgan fingerprint density at radius 1 is 1.57 bits per heavy atom. The molecule has 14 heavy (non-hydrogen) atoms. The summed E-state index contributed by atoms with van der Waals surface area (Å²) in [7, 11) is 0. The zero-order chi connectivity index (χ0) is 10.7. The monoisotopic (exact) mass is 262 g/mol. The lowest BCUT2D eigenvalue weighted by atomic mass is 10.1. The van der Waals surface area contributed by atoms with Gasteiger partial charge in [-0.05, 0) is 23.8 Å². The summed E-state index contributed by atoms with van der Waals surface area (Å²) >= 11 is 3.10. The number of aliphatic hydroxyl groups excluding tert-OH is 1. The van der Waals surface area contributed by atoms with Gasteiger partial charge in [-0.15, -0.1) is 0 Å². The Hall–Kier alpha value is -0.940. The van der Waals surface area contributed by atoms with E-state index in [2.05, 4.69) is 15.9 Å². The Bertz CT molecular complexity index is 354. The molecule has 0 saturated heterocycles. The van der Waals surface area contributed by atoms with Gasteiger partial charge in [0, 0.05) is 4.47 Å². The number of carbonyl (C=O) groups is 1. The van der Waals surface area contributed by atoms with Crippen molar-refractivity contribution >= 4 is 21.9 Å². The fourth-order valence-electron chi connectivity index (χ4n) is 1.05. The van der Waals surface area contributed by atoms with Crippen LogP contribution in [0.4, 0.5) is 4.39 Å². The van der Waals surface area contributed by atoms with Gasteiger partial charge in [-0.3, -0.25) is 4.79 Å². The summed E-state index contributed by atoms with van der Waals surface area (Å²) in [6.07, 6.45) is -1.64. The Labute approximate surface area is 88.3 Å². The smallest absolute Gasteiger partial charge is 0.306 e. The molecule has 0 heterocycles. The van der Waals surface area contributed by atoms with E-state index in [0.717, 1.165) is 6.07 Å². The molecule has 3 nitrogen and oxygen atoms in total. The highest BCUT2D eigenvalue weighted by molar-refractivity contribution is 9.10. The second-order valence-electron chi connectivity index (χ2n) is 2.78. The third kappa shape index (κ3) is 2.78. The minimum atomic E-state index is -1.20. The van der Waals surface area contributed by atoms with Crippen molar-refractivity contribution in [3.63, 3.8) is 0 Å². The molecule has 0 aliphatic carbocycles. The molecular weight excluding hydrogens is 255 g/mol. The van der Waals surface area contributed by atoms with E-state index < -0.39 is 24.3 Å². The van der Waals surface area contributed by atoms with Gasteiger partial charge in [0.25, 0.3) is 0 Å². The topological polar surface area (TPSA) is 57.5 Å². The fourth-order valence-corrected chi connectivity index (χ4v) is 1.56. The molecule has 1 atom stereocenters. The highest BCUT2D eigenvalue weighted by Gasteiger charge is 2.15. The van der Waals surface area contributed by atoms with E-state index in [1.807, 2.05) is 0 Å². The molecule has 0 aliphatic heterocycles. The predicted molar refractivity (Wildman–Crippen MR) is 51.3 cm³/mol. The molecule has 0 aliphatic rings. The summed E-state index contributed by atoms with van der Waals surface area (Å²) in [6.45, 7) is 0. The SMILES string of the molecule is O=C(O)C[C@@H](O)c1cc(F)ccc1Br. The quantitative estimate of drug-likeness (QED) is 0.877. The first-order chi connectivity index (χ1) is 6.50. The van der Waals surface area contributed by atoms with Crippen LogP contribution in [0.25, 0.3) is 0 Å². The lowest BCUT2D eigenvalue weighted by Gasteiger charge is -2.10. The first-order valence-corrected chi connectivity index (χ1v) is 4.65. The first kappa shape index (κ1) is 11.1. The van der Waals surface area contributed by atoms with Crippen LogP contribution in [-0.4, -0.2) is 16.2 Å². The second kappa shape index (κ2) is 4.52. The standard InChI is InChI=1S/C9H8BrFO3/c10-7-2-1-5(11)3-6(7)8(12)4-9(13)14/h1-3,8,12H,4H2,(H,13,14)/t8-/m1/s1. The molecule has 76 valence electrons. The van der Waals surface area contributed by atoms with Gasteiger partial charge >= 0.3 is 5.97 Å². The van der Waals surface area contributed by atoms with E-state index in [0.29, 0.717) is 4.47 Å². The molecule has 1 aromatic carbocycles. The van der Waals surface area contributed by atoms with Gasteiger partial charge in [-0.1, -0.05) is 15.9 Å². The summed E-state index contributed by atoms with van der Waals surface area (Å²) in [4.78, 5) is 10.3. The second-order valence-corrected chi connectivity index (χ2v) is 3.63. The maximum absolute atomic E-state index is 12.8. The zero-order valence-electron chi connectivity index (χ0n) is 7.08. The summed E-state index contributed by atoms with van der Waals surface area (Å²) in [6, 6.07) is 3.76. The lowest BCUT2D eigenvalue weighted by molar-refractivity contribution is -0.139. The highest BCUT2D eigenvalue weighted by Crippen LogP contribution is 2.26. The molecule has 0 fully saturated rings. The number of rotatable bonds is 3. The summed E-state index contributed by atoms with van der Waals surface area (Å²) in [5, 5.41) is 17.9. The molecule has 0 spiro atoms. The van der Waals surface area contributed by atoms with Crippen LogP contribution in [-0.2, 0) is 4.79 Å². The molecule has 0 saturated carbocycles. The summed E-state index contributed by atoms with van der Waals surface area (Å²) < 4.78 is 13.3. The number of benzene rings is 1. The highest BCUT2D eigenvalue weighted by atomic mass is 79.9. The number of aliphatic hydroxyl groups is 1. The van der Waals surface area contributed by atoms with Crippen LogP contribution in [0.3, 0.4) is 0 Å². The van der Waals surface area contributed by atoms with Gasteiger partial charge in [-0.2, -0.15) is 0 Å². The minimum Gasteiger partial charge on any atom is -0.481 e. The van der Waals surface area contributed by atoms with Crippen LogP contribution in [0.15, 0.2) is 22.7 Å². The van der Waals surface area contributed by atoms with Crippen molar-refractivity contribution in [3.05, 3.63) is 34.1 Å². The summed E-state index contributed by atoms with van der Waals surface area (Å²) in [5.74, 6) is -1.64. The normalized spacial score (nSPS) is 12.5. The lowest BCUT2D eigenvalue weighted by Crippen LogP contribution is -2.06. The van der Waals surface area contributed by atoms with Gasteiger partial charge < -0.3 is 10.2 Å². The van der Waals surface area contributed by atoms with Crippen LogP contribution < -0.4 is 0 Å². The predicted octanol–water partition coefficient (Wildman–Crippen LogP) is 2.10. The van der Waals surface area contributed by atoms with Crippen molar-refractivity contribution in [1.29, 1.82) is 0 Å². The number of halogens is 2. The Morgan fingerprint density at radius 3 is 2.79 bits per heavy atom. The Kier molecular flexibility index (Phi) is 3.60. The largest absolute Gasteiger partial charge is 0.481 e. The molecule has 0 radical (unpaired) electrons. The molecule has 1 aromatic rings. The Balaban J connectivity index is 2.93. The number of carboxylic acids is 1. The maximum atomic E-state index is 12.8. The fraction of sp³-hybridized carbons (Fsp3) is 0.222. The van der Waals surface area contributed by atoms with E-state index in [1.54, 1.807) is 0 Å². The molecule has 5 heteroatoms. The van der Waals surface area contributed by atoms with Crippen molar-refractivity contribution < 1.29 is 19.4 Å². The first-order valence-electron chi connectivity index (χ1n) is 3.85. The number of carboxylic acid groups (broad SMARTS) is 1. The van der Waals surface area contributed by atoms with Crippen LogP contribution in [0.5, 0.6) is 0 Å². The van der Waals surface area contributed by atoms with Crippen molar-refractivity contribution in [2.24, 2.45) is 0 Å². The molecule has 2 N–H and O–H groups in total. The van der Waals surface area contributed by atoms with Crippen LogP contribution in [0.2, 0.25) is 0 Å². The van der Waals surface area contributed by atoms with Crippen molar-refractivity contribution in [3.8, 4) is 0 Å². The van der Waals surface area contributed by atoms with Crippen molar-refractivity contribution in [2.45, 2.75) is 12.5 Å². The summed E-state index contributed by atoms with van der Waals surface area (Å²) in [5.41, 5.74) is 0.243. The van der Waals surface area contributed by atoms with Gasteiger partial charge in [0.2, 0.25) is 0 Å². The number of aliphatic carboxylic acids is 1. The average molecular weight is 263 g/mol. The third-order valence-electron chi connectivity index (χ3n) is 1.69. The maximum Gasteiger partial charge on any atom is 0.306 e. The van der Waals surface area contributed by atoms with Crippen molar-refractivity contribution in [1.82, 2.24) is 0 Å². The van der Waals surface area contributed by atoms with Gasteiger partial charge in [0.1, 0.15) is 5.82 Å². The minimum absolute atomic E-state index is 0.243. The molecule has 0 aromatic heterocycles. The van der Waals surface area contributed by atoms with Crippen LogP contribution >= 0.6 is 15.9 Å². The Morgan fingerprint density at radius 2 is 2.21 bits per heavy atom. The van der Waals surface area contributed by atoms with Crippen LogP contribution in [0, 0.1) is 5.82 Å². The van der Waals surface area contributed by atoms with Crippen LogP contribution in [0.1, 0.15) is 18.1 Å². The number of hydrogen-bond donors (Lipinski definition) is 2. The van der Waals surface area contributed by atoms with Crippen molar-refractivity contribution in [2.75, 3.05) is 0 Å². The molecule has 0 bridgehead atoms. The van der Waals surface area contributed by atoms with E-state index >= 15 is 0 Å². The number of hydrogen-bond acceptors (Lipinski definition) is 2. The van der Waals surface area contributed by atoms with E-state index in [1.165, 1.54) is 12.1 Å². The molecule has 1 rings (SSSR count). The van der Waals surface area contributed by atoms with Gasteiger partial charge in [-0.25, -0.2) is 4.39 Å².